The van der Waals surface area contributed by atoms with Crippen LogP contribution in [0.25, 0.3) is 5.69 Å². The van der Waals surface area contributed by atoms with Crippen molar-refractivity contribution in [2.24, 2.45) is 0 Å². The van der Waals surface area contributed by atoms with Crippen LogP contribution in [0.4, 0.5) is 0 Å². The van der Waals surface area contributed by atoms with Gasteiger partial charge in [0.25, 0.3) is 0 Å². The highest BCUT2D eigenvalue weighted by molar-refractivity contribution is 5.95. The Morgan fingerprint density at radius 3 is 2.29 bits per heavy atom. The summed E-state index contributed by atoms with van der Waals surface area (Å²) in [5.41, 5.74) is 5.29. The van der Waals surface area contributed by atoms with Gasteiger partial charge in [-0.25, -0.2) is 0 Å². The number of aromatic nitrogens is 1. The summed E-state index contributed by atoms with van der Waals surface area (Å²) in [4.78, 5) is 11.5. The highest BCUT2D eigenvalue weighted by Crippen LogP contribution is 2.23. The van der Waals surface area contributed by atoms with Gasteiger partial charge in [0.2, 0.25) is 0 Å². The fourth-order valence-corrected chi connectivity index (χ4v) is 2.30. The van der Waals surface area contributed by atoms with Crippen molar-refractivity contribution in [3.8, 4) is 5.69 Å². The zero-order chi connectivity index (χ0) is 12.6. The third-order valence-electron chi connectivity index (χ3n) is 3.17. The number of nitrogens with zero attached hydrogens (tertiary/aromatic N) is 1. The van der Waals surface area contributed by atoms with Gasteiger partial charge >= 0.3 is 0 Å². The summed E-state index contributed by atoms with van der Waals surface area (Å²) >= 11 is 0. The molecular formula is C15H17NO. The van der Waals surface area contributed by atoms with Gasteiger partial charge in [-0.15, -0.1) is 0 Å². The van der Waals surface area contributed by atoms with E-state index < -0.39 is 0 Å². The molecule has 1 aromatic carbocycles. The lowest BCUT2D eigenvalue weighted by atomic mass is 10.1. The molecule has 17 heavy (non-hydrogen) atoms. The molecule has 2 aromatic rings. The molecule has 0 aliphatic heterocycles. The monoisotopic (exact) mass is 227 g/mol. The van der Waals surface area contributed by atoms with E-state index in [2.05, 4.69) is 23.6 Å². The second kappa shape index (κ2) is 4.21. The van der Waals surface area contributed by atoms with Gasteiger partial charge < -0.3 is 4.57 Å². The maximum atomic E-state index is 11.5. The van der Waals surface area contributed by atoms with Crippen LogP contribution in [0.5, 0.6) is 0 Å². The van der Waals surface area contributed by atoms with E-state index in [1.165, 1.54) is 5.56 Å². The van der Waals surface area contributed by atoms with Gasteiger partial charge in [-0.3, -0.25) is 4.79 Å². The fraction of sp³-hybridized carbons (Fsp3) is 0.267. The van der Waals surface area contributed by atoms with Crippen molar-refractivity contribution in [1.82, 2.24) is 4.57 Å². The summed E-state index contributed by atoms with van der Waals surface area (Å²) in [6.45, 7) is 7.73. The Morgan fingerprint density at radius 2 is 1.76 bits per heavy atom. The molecule has 1 aromatic heterocycles. The number of Topliss-reactive ketones (excluding diaryl/α,β-unsaturated/α-hetero) is 1. The Balaban J connectivity index is 2.69. The molecule has 0 saturated heterocycles. The van der Waals surface area contributed by atoms with Crippen molar-refractivity contribution in [2.45, 2.75) is 27.7 Å². The minimum absolute atomic E-state index is 0.123. The topological polar surface area (TPSA) is 22.0 Å². The third kappa shape index (κ3) is 1.91. The Kier molecular flexibility index (Phi) is 2.88. The van der Waals surface area contributed by atoms with Crippen LogP contribution < -0.4 is 0 Å². The third-order valence-corrected chi connectivity index (χ3v) is 3.17. The van der Waals surface area contributed by atoms with Crippen molar-refractivity contribution in [2.75, 3.05) is 0 Å². The van der Waals surface area contributed by atoms with E-state index in [1.54, 1.807) is 6.92 Å². The summed E-state index contributed by atoms with van der Waals surface area (Å²) in [5, 5.41) is 0. The largest absolute Gasteiger partial charge is 0.318 e. The molecule has 0 saturated carbocycles. The van der Waals surface area contributed by atoms with E-state index in [4.69, 9.17) is 0 Å². The Bertz CT molecular complexity index is 579. The lowest BCUT2D eigenvalue weighted by Crippen LogP contribution is -2.02. The maximum Gasteiger partial charge on any atom is 0.161 e. The summed E-state index contributed by atoms with van der Waals surface area (Å²) < 4.78 is 2.14. The Labute approximate surface area is 102 Å². The van der Waals surface area contributed by atoms with Gasteiger partial charge in [-0.1, -0.05) is 18.2 Å². The average molecular weight is 227 g/mol. The fourth-order valence-electron chi connectivity index (χ4n) is 2.30. The van der Waals surface area contributed by atoms with Crippen LogP contribution in [-0.4, -0.2) is 10.4 Å². The zero-order valence-corrected chi connectivity index (χ0v) is 10.7. The number of carbonyl (C=O) groups excluding carboxylic acids is 1. The van der Waals surface area contributed by atoms with Crippen molar-refractivity contribution in [3.05, 3.63) is 52.8 Å². The first kappa shape index (κ1) is 11.6. The molecule has 0 aliphatic rings. The average Bonchev–Trinajstić information content (AvgIpc) is 2.56. The van der Waals surface area contributed by atoms with Crippen LogP contribution in [0.1, 0.15) is 34.2 Å². The number of benzene rings is 1. The molecule has 1 heterocycles. The Morgan fingerprint density at radius 1 is 1.12 bits per heavy atom. The predicted octanol–water partition coefficient (Wildman–Crippen LogP) is 3.61. The van der Waals surface area contributed by atoms with Crippen molar-refractivity contribution >= 4 is 5.78 Å². The second-order valence-corrected chi connectivity index (χ2v) is 4.46. The van der Waals surface area contributed by atoms with Gasteiger partial charge in [-0.2, -0.15) is 0 Å². The van der Waals surface area contributed by atoms with E-state index >= 15 is 0 Å². The van der Waals surface area contributed by atoms with Crippen LogP contribution >= 0.6 is 0 Å². The van der Waals surface area contributed by atoms with Gasteiger partial charge in [0, 0.05) is 22.6 Å². The van der Waals surface area contributed by atoms with E-state index in [1.807, 2.05) is 32.0 Å². The molecule has 2 rings (SSSR count). The lowest BCUT2D eigenvalue weighted by Gasteiger charge is -2.12. The van der Waals surface area contributed by atoms with Crippen molar-refractivity contribution in [3.63, 3.8) is 0 Å². The van der Waals surface area contributed by atoms with E-state index in [9.17, 15) is 4.79 Å². The van der Waals surface area contributed by atoms with Crippen LogP contribution in [0, 0.1) is 20.8 Å². The van der Waals surface area contributed by atoms with Gasteiger partial charge in [0.05, 0.1) is 0 Å². The summed E-state index contributed by atoms with van der Waals surface area (Å²) in [5.74, 6) is 0.123. The lowest BCUT2D eigenvalue weighted by molar-refractivity contribution is 0.101. The van der Waals surface area contributed by atoms with E-state index in [0.29, 0.717) is 0 Å². The smallest absolute Gasteiger partial charge is 0.161 e. The molecule has 2 heteroatoms. The number of ketones is 1. The van der Waals surface area contributed by atoms with Crippen LogP contribution in [-0.2, 0) is 0 Å². The van der Waals surface area contributed by atoms with E-state index in [-0.39, 0.29) is 5.78 Å². The molecule has 88 valence electrons. The quantitative estimate of drug-likeness (QED) is 0.718. The molecule has 2 nitrogen and oxygen atoms in total. The highest BCUT2D eigenvalue weighted by Gasteiger charge is 2.14. The molecule has 0 N–H and O–H groups in total. The predicted molar refractivity (Wildman–Crippen MR) is 70.0 cm³/mol. The number of aryl methyl sites for hydroxylation is 2. The number of carbonyl (C=O) groups is 1. The van der Waals surface area contributed by atoms with Gasteiger partial charge in [0.1, 0.15) is 0 Å². The number of hydrogen-bond donors (Lipinski definition) is 0. The van der Waals surface area contributed by atoms with Gasteiger partial charge in [-0.05, 0) is 45.4 Å². The number of para-hydroxylation sites is 1. The van der Waals surface area contributed by atoms with Crippen molar-refractivity contribution < 1.29 is 4.79 Å². The van der Waals surface area contributed by atoms with E-state index in [0.717, 1.165) is 22.6 Å². The summed E-state index contributed by atoms with van der Waals surface area (Å²) in [7, 11) is 0. The first-order valence-electron chi connectivity index (χ1n) is 5.78. The van der Waals surface area contributed by atoms with Crippen LogP contribution in [0.15, 0.2) is 30.3 Å². The zero-order valence-electron chi connectivity index (χ0n) is 10.7. The summed E-state index contributed by atoms with van der Waals surface area (Å²) in [6, 6.07) is 10.2. The highest BCUT2D eigenvalue weighted by atomic mass is 16.1. The minimum Gasteiger partial charge on any atom is -0.318 e. The molecular weight excluding hydrogens is 210 g/mol. The minimum atomic E-state index is 0.123. The molecule has 0 aliphatic carbocycles. The normalized spacial score (nSPS) is 10.6. The first-order chi connectivity index (χ1) is 8.02. The molecule has 0 radical (unpaired) electrons. The summed E-state index contributed by atoms with van der Waals surface area (Å²) in [6.07, 6.45) is 0. The SMILES string of the molecule is CC(=O)c1cc(C)n(-c2ccccc2C)c1C. The number of rotatable bonds is 2. The molecule has 0 spiro atoms. The molecule has 0 atom stereocenters. The molecule has 0 bridgehead atoms. The molecule has 0 amide bonds. The van der Waals surface area contributed by atoms with Gasteiger partial charge in [0.15, 0.2) is 5.78 Å². The Hall–Kier alpha value is -1.83. The van der Waals surface area contributed by atoms with Crippen LogP contribution in [0.2, 0.25) is 0 Å². The standard InChI is InChI=1S/C15H17NO/c1-10-7-5-6-8-15(10)16-11(2)9-14(12(16)3)13(4)17/h5-9H,1-4H3. The number of hydrogen-bond acceptors (Lipinski definition) is 1. The first-order valence-corrected chi connectivity index (χ1v) is 5.78. The van der Waals surface area contributed by atoms with Crippen molar-refractivity contribution in [1.29, 1.82) is 0 Å². The molecule has 0 fully saturated rings. The second-order valence-electron chi connectivity index (χ2n) is 4.46. The van der Waals surface area contributed by atoms with Crippen LogP contribution in [0.3, 0.4) is 0 Å². The molecule has 0 unspecified atom stereocenters. The maximum absolute atomic E-state index is 11.5.